The van der Waals surface area contributed by atoms with Crippen LogP contribution in [0.25, 0.3) is 11.1 Å². The quantitative estimate of drug-likeness (QED) is 0.828. The zero-order valence-electron chi connectivity index (χ0n) is 15.4. The van der Waals surface area contributed by atoms with Gasteiger partial charge in [0.25, 0.3) is 0 Å². The number of fused-ring (bicyclic) bond motifs is 1. The number of Topliss-reactive ketones (excluding diaryl/α,β-unsaturated/α-hetero) is 1. The highest BCUT2D eigenvalue weighted by atomic mass is 16.5. The van der Waals surface area contributed by atoms with Crippen molar-refractivity contribution in [3.05, 3.63) is 53.6 Å². The molecule has 2 heterocycles. The first-order valence-electron chi connectivity index (χ1n) is 9.37. The van der Waals surface area contributed by atoms with Gasteiger partial charge in [-0.2, -0.15) is 0 Å². The highest BCUT2D eigenvalue weighted by Crippen LogP contribution is 2.34. The van der Waals surface area contributed by atoms with Gasteiger partial charge in [-0.15, -0.1) is 0 Å². The van der Waals surface area contributed by atoms with Crippen LogP contribution >= 0.6 is 0 Å². The molecule has 0 aromatic heterocycles. The minimum absolute atomic E-state index is 0.0385. The molecule has 0 bridgehead atoms. The molecule has 27 heavy (non-hydrogen) atoms. The number of hydrogen-bond donors (Lipinski definition) is 1. The predicted molar refractivity (Wildman–Crippen MR) is 102 cm³/mol. The lowest BCUT2D eigenvalue weighted by Gasteiger charge is -2.14. The Kier molecular flexibility index (Phi) is 4.94. The van der Waals surface area contributed by atoms with Crippen molar-refractivity contribution in [2.24, 2.45) is 5.92 Å². The molecule has 1 N–H and O–H groups in total. The van der Waals surface area contributed by atoms with Crippen molar-refractivity contribution in [3.8, 4) is 16.9 Å². The summed E-state index contributed by atoms with van der Waals surface area (Å²) in [5.74, 6) is 0.910. The van der Waals surface area contributed by atoms with Crippen LogP contribution in [0.4, 0.5) is 0 Å². The largest absolute Gasteiger partial charge is 0.488 e. The van der Waals surface area contributed by atoms with E-state index in [1.807, 2.05) is 36.4 Å². The second-order valence-electron chi connectivity index (χ2n) is 7.17. The van der Waals surface area contributed by atoms with E-state index in [-0.39, 0.29) is 23.7 Å². The first kappa shape index (κ1) is 17.7. The zero-order chi connectivity index (χ0) is 18.8. The lowest BCUT2D eigenvalue weighted by molar-refractivity contribution is -0.125. The standard InChI is InChI=1S/C22H23NO4/c1-14(24)19-4-2-3-5-20(19)15-6-7-21-17(10-15)11-18(27-21)12-23-22(25)16-8-9-26-13-16/h2-7,10,16,18H,8-9,11-13H2,1H3,(H,23,25)/t16-,18-/m0/s1. The number of nitrogens with one attached hydrogen (secondary N) is 1. The molecule has 1 saturated heterocycles. The van der Waals surface area contributed by atoms with Crippen LogP contribution < -0.4 is 10.1 Å². The van der Waals surface area contributed by atoms with Crippen LogP contribution in [-0.2, 0) is 16.0 Å². The normalized spacial score (nSPS) is 20.8. The molecule has 0 radical (unpaired) electrons. The molecule has 5 nitrogen and oxygen atoms in total. The molecule has 140 valence electrons. The third-order valence-corrected chi connectivity index (χ3v) is 5.22. The fourth-order valence-corrected chi connectivity index (χ4v) is 3.74. The van der Waals surface area contributed by atoms with Crippen LogP contribution in [0, 0.1) is 5.92 Å². The summed E-state index contributed by atoms with van der Waals surface area (Å²) < 4.78 is 11.2. The number of ether oxygens (including phenoxy) is 2. The molecule has 4 rings (SSSR count). The lowest BCUT2D eigenvalue weighted by atomic mass is 9.95. The van der Waals surface area contributed by atoms with E-state index in [0.29, 0.717) is 19.8 Å². The molecule has 2 aromatic rings. The minimum atomic E-state index is -0.0652. The maximum atomic E-state index is 12.1. The molecule has 2 aliphatic rings. The van der Waals surface area contributed by atoms with E-state index in [0.717, 1.165) is 40.8 Å². The first-order valence-corrected chi connectivity index (χ1v) is 9.37. The Morgan fingerprint density at radius 3 is 2.81 bits per heavy atom. The second kappa shape index (κ2) is 7.53. The van der Waals surface area contributed by atoms with Crippen molar-refractivity contribution in [1.82, 2.24) is 5.32 Å². The maximum absolute atomic E-state index is 12.1. The van der Waals surface area contributed by atoms with Crippen LogP contribution in [0.15, 0.2) is 42.5 Å². The maximum Gasteiger partial charge on any atom is 0.225 e. The monoisotopic (exact) mass is 365 g/mol. The van der Waals surface area contributed by atoms with Crippen molar-refractivity contribution in [3.63, 3.8) is 0 Å². The summed E-state index contributed by atoms with van der Waals surface area (Å²) in [5, 5.41) is 2.98. The van der Waals surface area contributed by atoms with Crippen molar-refractivity contribution >= 4 is 11.7 Å². The van der Waals surface area contributed by atoms with Gasteiger partial charge in [-0.3, -0.25) is 9.59 Å². The average molecular weight is 365 g/mol. The number of benzene rings is 2. The molecule has 0 saturated carbocycles. The van der Waals surface area contributed by atoms with Gasteiger partial charge in [0.2, 0.25) is 5.91 Å². The Hall–Kier alpha value is -2.66. The van der Waals surface area contributed by atoms with E-state index >= 15 is 0 Å². The summed E-state index contributed by atoms with van der Waals surface area (Å²) in [6, 6.07) is 13.7. The van der Waals surface area contributed by atoms with E-state index in [1.165, 1.54) is 0 Å². The second-order valence-corrected chi connectivity index (χ2v) is 7.17. The smallest absolute Gasteiger partial charge is 0.225 e. The van der Waals surface area contributed by atoms with Gasteiger partial charge in [-0.05, 0) is 42.2 Å². The third-order valence-electron chi connectivity index (χ3n) is 5.22. The predicted octanol–water partition coefficient (Wildman–Crippen LogP) is 3.01. The van der Waals surface area contributed by atoms with Crippen LogP contribution in [0.1, 0.15) is 29.3 Å². The van der Waals surface area contributed by atoms with Gasteiger partial charge >= 0.3 is 0 Å². The molecule has 0 aliphatic carbocycles. The van der Waals surface area contributed by atoms with Crippen LogP contribution in [0.3, 0.4) is 0 Å². The summed E-state index contributed by atoms with van der Waals surface area (Å²) in [6.07, 6.45) is 1.47. The number of carbonyl (C=O) groups is 2. The molecule has 2 atom stereocenters. The van der Waals surface area contributed by atoms with Crippen LogP contribution in [-0.4, -0.2) is 37.6 Å². The van der Waals surface area contributed by atoms with Crippen molar-refractivity contribution in [1.29, 1.82) is 0 Å². The van der Waals surface area contributed by atoms with Gasteiger partial charge in [0.05, 0.1) is 19.1 Å². The van der Waals surface area contributed by atoms with Gasteiger partial charge in [0.1, 0.15) is 11.9 Å². The molecular weight excluding hydrogens is 342 g/mol. The molecule has 0 unspecified atom stereocenters. The summed E-state index contributed by atoms with van der Waals surface area (Å²) in [6.45, 7) is 3.25. The summed E-state index contributed by atoms with van der Waals surface area (Å²) in [5.41, 5.74) is 3.77. The number of ketones is 1. The van der Waals surface area contributed by atoms with E-state index < -0.39 is 0 Å². The molecule has 0 spiro atoms. The zero-order valence-corrected chi connectivity index (χ0v) is 15.4. The average Bonchev–Trinajstić information content (AvgIpc) is 3.35. The first-order chi connectivity index (χ1) is 13.1. The Bertz CT molecular complexity index is 870. The van der Waals surface area contributed by atoms with Gasteiger partial charge in [-0.1, -0.05) is 30.3 Å². The molecular formula is C22H23NO4. The van der Waals surface area contributed by atoms with E-state index in [2.05, 4.69) is 11.4 Å². The summed E-state index contributed by atoms with van der Waals surface area (Å²) >= 11 is 0. The molecule has 2 aliphatic heterocycles. The number of rotatable bonds is 5. The molecule has 1 fully saturated rings. The van der Waals surface area contributed by atoms with Crippen LogP contribution in [0.2, 0.25) is 0 Å². The minimum Gasteiger partial charge on any atom is -0.488 e. The van der Waals surface area contributed by atoms with Gasteiger partial charge in [0, 0.05) is 18.6 Å². The molecule has 5 heteroatoms. The summed E-state index contributed by atoms with van der Waals surface area (Å²) in [4.78, 5) is 24.0. The highest BCUT2D eigenvalue weighted by molar-refractivity contribution is 6.00. The highest BCUT2D eigenvalue weighted by Gasteiger charge is 2.27. The van der Waals surface area contributed by atoms with Gasteiger partial charge in [0.15, 0.2) is 5.78 Å². The number of hydrogen-bond acceptors (Lipinski definition) is 4. The Morgan fingerprint density at radius 2 is 2.04 bits per heavy atom. The van der Waals surface area contributed by atoms with Gasteiger partial charge in [-0.25, -0.2) is 0 Å². The Morgan fingerprint density at radius 1 is 1.19 bits per heavy atom. The van der Waals surface area contributed by atoms with E-state index in [1.54, 1.807) is 6.92 Å². The number of amides is 1. The SMILES string of the molecule is CC(=O)c1ccccc1-c1ccc2c(c1)C[C@@H](CNC(=O)[C@H]1CCOC1)O2. The molecule has 2 aromatic carbocycles. The van der Waals surface area contributed by atoms with E-state index in [9.17, 15) is 9.59 Å². The van der Waals surface area contributed by atoms with Gasteiger partial charge < -0.3 is 14.8 Å². The van der Waals surface area contributed by atoms with E-state index in [4.69, 9.17) is 9.47 Å². The van der Waals surface area contributed by atoms with Crippen molar-refractivity contribution in [2.75, 3.05) is 19.8 Å². The Labute approximate surface area is 158 Å². The number of carbonyl (C=O) groups excluding carboxylic acids is 2. The fraction of sp³-hybridized carbons (Fsp3) is 0.364. The third kappa shape index (κ3) is 3.74. The topological polar surface area (TPSA) is 64.6 Å². The fourth-order valence-electron chi connectivity index (χ4n) is 3.74. The molecule has 1 amide bonds. The van der Waals surface area contributed by atoms with Crippen molar-refractivity contribution in [2.45, 2.75) is 25.9 Å². The van der Waals surface area contributed by atoms with Crippen LogP contribution in [0.5, 0.6) is 5.75 Å². The Balaban J connectivity index is 1.44. The lowest BCUT2D eigenvalue weighted by Crippen LogP contribution is -2.38. The summed E-state index contributed by atoms with van der Waals surface area (Å²) in [7, 11) is 0. The van der Waals surface area contributed by atoms with Crippen molar-refractivity contribution < 1.29 is 19.1 Å².